The van der Waals surface area contributed by atoms with Gasteiger partial charge in [0.1, 0.15) is 5.82 Å². The third-order valence-corrected chi connectivity index (χ3v) is 2.03. The van der Waals surface area contributed by atoms with Crippen LogP contribution < -0.4 is 5.73 Å². The van der Waals surface area contributed by atoms with Crippen molar-refractivity contribution >= 4 is 5.97 Å². The summed E-state index contributed by atoms with van der Waals surface area (Å²) in [6.07, 6.45) is -0.0695. The molecule has 0 saturated heterocycles. The predicted molar refractivity (Wildman–Crippen MR) is 50.4 cm³/mol. The summed E-state index contributed by atoms with van der Waals surface area (Å²) in [5.74, 6) is -1.61. The van der Waals surface area contributed by atoms with Gasteiger partial charge in [0.2, 0.25) is 0 Å². The molecule has 0 saturated carbocycles. The summed E-state index contributed by atoms with van der Waals surface area (Å²) >= 11 is 0. The molecule has 0 aliphatic heterocycles. The van der Waals surface area contributed by atoms with E-state index in [4.69, 9.17) is 10.8 Å². The van der Waals surface area contributed by atoms with Crippen LogP contribution in [0.15, 0.2) is 24.3 Å². The van der Waals surface area contributed by atoms with E-state index in [0.717, 1.165) is 0 Å². The Bertz CT molecular complexity index is 328. The van der Waals surface area contributed by atoms with Crippen LogP contribution >= 0.6 is 0 Å². The van der Waals surface area contributed by atoms with Gasteiger partial charge < -0.3 is 10.8 Å². The number of nitrogens with two attached hydrogens (primary N) is 1. The number of carboxylic acids is 1. The Labute approximate surface area is 81.4 Å². The lowest BCUT2D eigenvalue weighted by molar-refractivity contribution is -0.137. The average molecular weight is 197 g/mol. The zero-order chi connectivity index (χ0) is 10.6. The molecule has 3 N–H and O–H groups in total. The minimum absolute atomic E-state index is 0.0695. The lowest BCUT2D eigenvalue weighted by Gasteiger charge is -2.12. The molecule has 3 nitrogen and oxygen atoms in total. The normalized spacial score (nSPS) is 12.4. The van der Waals surface area contributed by atoms with Crippen molar-refractivity contribution in [3.63, 3.8) is 0 Å². The molecule has 1 rings (SSSR count). The summed E-state index contributed by atoms with van der Waals surface area (Å²) in [6, 6.07) is 5.87. The zero-order valence-corrected chi connectivity index (χ0v) is 7.61. The molecule has 14 heavy (non-hydrogen) atoms. The Kier molecular flexibility index (Phi) is 3.59. The topological polar surface area (TPSA) is 63.3 Å². The Morgan fingerprint density at radius 1 is 1.57 bits per heavy atom. The quantitative estimate of drug-likeness (QED) is 0.765. The van der Waals surface area contributed by atoms with Gasteiger partial charge in [-0.05, 0) is 24.2 Å². The van der Waals surface area contributed by atoms with E-state index < -0.39 is 5.97 Å². The minimum atomic E-state index is -0.926. The maximum atomic E-state index is 12.8. The molecule has 0 fully saturated rings. The number of carboxylic acid groups (broad SMARTS) is 1. The van der Waals surface area contributed by atoms with Gasteiger partial charge in [0.05, 0.1) is 6.42 Å². The minimum Gasteiger partial charge on any atom is -0.481 e. The number of aliphatic carboxylic acids is 1. The highest BCUT2D eigenvalue weighted by Crippen LogP contribution is 2.18. The van der Waals surface area contributed by atoms with Gasteiger partial charge in [-0.1, -0.05) is 12.1 Å². The summed E-state index contributed by atoms with van der Waals surface area (Å²) in [6.45, 7) is 0.204. The first-order valence-corrected chi connectivity index (χ1v) is 4.31. The molecule has 0 aliphatic carbocycles. The van der Waals surface area contributed by atoms with Crippen LogP contribution in [0.25, 0.3) is 0 Å². The van der Waals surface area contributed by atoms with Crippen LogP contribution in [0.4, 0.5) is 4.39 Å². The van der Waals surface area contributed by atoms with Crippen molar-refractivity contribution in [1.29, 1.82) is 0 Å². The third kappa shape index (κ3) is 2.81. The Hall–Kier alpha value is -1.42. The van der Waals surface area contributed by atoms with Gasteiger partial charge >= 0.3 is 5.97 Å². The van der Waals surface area contributed by atoms with Crippen LogP contribution in [0, 0.1) is 5.82 Å². The van der Waals surface area contributed by atoms with Gasteiger partial charge in [0.25, 0.3) is 0 Å². The first kappa shape index (κ1) is 10.7. The molecule has 0 bridgehead atoms. The molecule has 0 spiro atoms. The molecule has 1 aromatic carbocycles. The molecule has 1 aromatic rings. The molecule has 0 aliphatic rings. The van der Waals surface area contributed by atoms with E-state index in [9.17, 15) is 9.18 Å². The second-order valence-electron chi connectivity index (χ2n) is 3.09. The van der Waals surface area contributed by atoms with Crippen molar-refractivity contribution in [2.24, 2.45) is 5.73 Å². The first-order chi connectivity index (χ1) is 6.63. The maximum absolute atomic E-state index is 12.8. The van der Waals surface area contributed by atoms with Crippen LogP contribution in [0.3, 0.4) is 0 Å². The average Bonchev–Trinajstić information content (AvgIpc) is 2.14. The summed E-state index contributed by atoms with van der Waals surface area (Å²) in [5.41, 5.74) is 6.05. The number of rotatable bonds is 4. The number of halogens is 1. The molecule has 0 aromatic heterocycles. The van der Waals surface area contributed by atoms with E-state index in [1.54, 1.807) is 12.1 Å². The van der Waals surface area contributed by atoms with Gasteiger partial charge in [-0.25, -0.2) is 4.39 Å². The molecule has 76 valence electrons. The van der Waals surface area contributed by atoms with Crippen LogP contribution in [0.5, 0.6) is 0 Å². The second-order valence-corrected chi connectivity index (χ2v) is 3.09. The molecular weight excluding hydrogens is 185 g/mol. The Morgan fingerprint density at radius 3 is 2.79 bits per heavy atom. The molecule has 0 amide bonds. The van der Waals surface area contributed by atoms with Crippen molar-refractivity contribution in [1.82, 2.24) is 0 Å². The number of carbonyl (C=O) groups is 1. The molecular formula is C10H12FNO2. The summed E-state index contributed by atoms with van der Waals surface area (Å²) in [4.78, 5) is 10.5. The van der Waals surface area contributed by atoms with E-state index in [-0.39, 0.29) is 24.7 Å². The molecule has 0 radical (unpaired) electrons. The summed E-state index contributed by atoms with van der Waals surface area (Å²) < 4.78 is 12.8. The zero-order valence-electron chi connectivity index (χ0n) is 7.61. The van der Waals surface area contributed by atoms with Crippen LogP contribution in [-0.4, -0.2) is 17.6 Å². The van der Waals surface area contributed by atoms with Crippen LogP contribution in [0.2, 0.25) is 0 Å². The van der Waals surface area contributed by atoms with E-state index in [0.29, 0.717) is 5.56 Å². The first-order valence-electron chi connectivity index (χ1n) is 4.31. The largest absolute Gasteiger partial charge is 0.481 e. The number of benzene rings is 1. The van der Waals surface area contributed by atoms with Crippen LogP contribution in [-0.2, 0) is 4.79 Å². The fourth-order valence-corrected chi connectivity index (χ4v) is 1.31. The predicted octanol–water partition coefficient (Wildman–Crippen LogP) is 1.34. The SMILES string of the molecule is NCC(CC(=O)O)c1cccc(F)c1. The maximum Gasteiger partial charge on any atom is 0.304 e. The van der Waals surface area contributed by atoms with E-state index in [2.05, 4.69) is 0 Å². The van der Waals surface area contributed by atoms with Crippen LogP contribution in [0.1, 0.15) is 17.9 Å². The van der Waals surface area contributed by atoms with Crippen molar-refractivity contribution in [3.05, 3.63) is 35.6 Å². The fraction of sp³-hybridized carbons (Fsp3) is 0.300. The highest BCUT2D eigenvalue weighted by atomic mass is 19.1. The van der Waals surface area contributed by atoms with Gasteiger partial charge in [-0.3, -0.25) is 4.79 Å². The molecule has 0 heterocycles. The smallest absolute Gasteiger partial charge is 0.304 e. The van der Waals surface area contributed by atoms with Gasteiger partial charge in [-0.2, -0.15) is 0 Å². The van der Waals surface area contributed by atoms with E-state index in [1.165, 1.54) is 12.1 Å². The van der Waals surface area contributed by atoms with Crippen molar-refractivity contribution in [3.8, 4) is 0 Å². The monoisotopic (exact) mass is 197 g/mol. The van der Waals surface area contributed by atoms with Gasteiger partial charge in [-0.15, -0.1) is 0 Å². The lowest BCUT2D eigenvalue weighted by atomic mass is 9.96. The number of hydrogen-bond acceptors (Lipinski definition) is 2. The Morgan fingerprint density at radius 2 is 2.29 bits per heavy atom. The highest BCUT2D eigenvalue weighted by Gasteiger charge is 2.13. The van der Waals surface area contributed by atoms with Crippen molar-refractivity contribution in [2.45, 2.75) is 12.3 Å². The van der Waals surface area contributed by atoms with Crippen molar-refractivity contribution < 1.29 is 14.3 Å². The second kappa shape index (κ2) is 4.72. The van der Waals surface area contributed by atoms with Crippen molar-refractivity contribution in [2.75, 3.05) is 6.54 Å². The lowest BCUT2D eigenvalue weighted by Crippen LogP contribution is -2.16. The van der Waals surface area contributed by atoms with Gasteiger partial charge in [0, 0.05) is 5.92 Å². The highest BCUT2D eigenvalue weighted by molar-refractivity contribution is 5.68. The molecule has 4 heteroatoms. The number of hydrogen-bond donors (Lipinski definition) is 2. The van der Waals surface area contributed by atoms with E-state index in [1.807, 2.05) is 0 Å². The standard InChI is InChI=1S/C10H12FNO2/c11-9-3-1-2-7(4-9)8(6-12)5-10(13)14/h1-4,8H,5-6,12H2,(H,13,14). The summed E-state index contributed by atoms with van der Waals surface area (Å²) in [7, 11) is 0. The molecule has 1 atom stereocenters. The third-order valence-electron chi connectivity index (χ3n) is 2.03. The summed E-state index contributed by atoms with van der Waals surface area (Å²) in [5, 5.41) is 8.60. The Balaban J connectivity index is 2.83. The van der Waals surface area contributed by atoms with E-state index >= 15 is 0 Å². The van der Waals surface area contributed by atoms with Gasteiger partial charge in [0.15, 0.2) is 0 Å². The fourth-order valence-electron chi connectivity index (χ4n) is 1.31. The molecule has 1 unspecified atom stereocenters.